The molecule has 1 heterocycles. The van der Waals surface area contributed by atoms with Crippen molar-refractivity contribution in [2.45, 2.75) is 138 Å². The summed E-state index contributed by atoms with van der Waals surface area (Å²) in [5.41, 5.74) is 4.22. The average Bonchev–Trinajstić information content (AvgIpc) is 2.68. The maximum Gasteiger partial charge on any atom is 0.126 e. The maximum atomic E-state index is 6.63. The third kappa shape index (κ3) is 8.82. The van der Waals surface area contributed by atoms with Crippen molar-refractivity contribution >= 4 is 0 Å². The Morgan fingerprint density at radius 2 is 1.42 bits per heavy atom. The summed E-state index contributed by atoms with van der Waals surface area (Å²) in [7, 11) is 0. The summed E-state index contributed by atoms with van der Waals surface area (Å²) in [5, 5.41) is 0. The van der Waals surface area contributed by atoms with Crippen molar-refractivity contribution in [2.24, 2.45) is 17.8 Å². The number of fused-ring (bicyclic) bond motifs is 1. The van der Waals surface area contributed by atoms with Gasteiger partial charge in [-0.05, 0) is 79.9 Å². The Morgan fingerprint density at radius 1 is 0.839 bits per heavy atom. The molecule has 0 aromatic heterocycles. The highest BCUT2D eigenvalue weighted by Crippen LogP contribution is 2.40. The molecule has 0 fully saturated rings. The molecule has 1 aromatic carbocycles. The minimum absolute atomic E-state index is 0.0156. The van der Waals surface area contributed by atoms with Crippen molar-refractivity contribution in [1.82, 2.24) is 0 Å². The number of benzene rings is 1. The lowest BCUT2D eigenvalue weighted by atomic mass is 9.84. The minimum atomic E-state index is 0.0156. The van der Waals surface area contributed by atoms with Crippen molar-refractivity contribution in [1.29, 1.82) is 0 Å². The Balaban J connectivity index is 1.70. The Kier molecular flexibility index (Phi) is 10.4. The zero-order chi connectivity index (χ0) is 23.0. The van der Waals surface area contributed by atoms with Gasteiger partial charge < -0.3 is 4.74 Å². The molecule has 1 aromatic rings. The van der Waals surface area contributed by atoms with Gasteiger partial charge >= 0.3 is 0 Å². The van der Waals surface area contributed by atoms with Crippen molar-refractivity contribution in [3.8, 4) is 5.75 Å². The largest absolute Gasteiger partial charge is 0.487 e. The van der Waals surface area contributed by atoms with E-state index in [-0.39, 0.29) is 5.60 Å². The van der Waals surface area contributed by atoms with Crippen LogP contribution in [0.25, 0.3) is 0 Å². The first kappa shape index (κ1) is 26.3. The number of rotatable bonds is 13. The molecule has 0 spiro atoms. The van der Waals surface area contributed by atoms with E-state index >= 15 is 0 Å². The lowest BCUT2D eigenvalue weighted by Crippen LogP contribution is -2.36. The normalized spacial score (nSPS) is 20.6. The summed E-state index contributed by atoms with van der Waals surface area (Å²) < 4.78 is 6.63. The first-order valence-electron chi connectivity index (χ1n) is 13.4. The second kappa shape index (κ2) is 12.3. The highest BCUT2D eigenvalue weighted by molar-refractivity contribution is 5.46. The van der Waals surface area contributed by atoms with Gasteiger partial charge in [-0.15, -0.1) is 0 Å². The second-order valence-electron chi connectivity index (χ2n) is 11.9. The Labute approximate surface area is 194 Å². The zero-order valence-corrected chi connectivity index (χ0v) is 22.2. The number of ether oxygens (including phenoxy) is 1. The van der Waals surface area contributed by atoms with Crippen molar-refractivity contribution in [3.05, 3.63) is 28.8 Å². The topological polar surface area (TPSA) is 9.23 Å². The molecule has 178 valence electrons. The molecule has 2 rings (SSSR count). The van der Waals surface area contributed by atoms with Gasteiger partial charge in [0.15, 0.2) is 0 Å². The SMILES string of the molecule is Cc1cc(C(C)C)cc2c1O[C@](C)(CCC[C@H](C)CCC[C@H](C)CCCC(C)C)CC2. The van der Waals surface area contributed by atoms with Crippen LogP contribution in [0.3, 0.4) is 0 Å². The average molecular weight is 429 g/mol. The molecule has 0 bridgehead atoms. The highest BCUT2D eigenvalue weighted by atomic mass is 16.5. The molecule has 0 unspecified atom stereocenters. The summed E-state index contributed by atoms with van der Waals surface area (Å²) >= 11 is 0. The molecule has 31 heavy (non-hydrogen) atoms. The summed E-state index contributed by atoms with van der Waals surface area (Å²) in [5.74, 6) is 4.37. The molecule has 1 heteroatoms. The molecule has 1 nitrogen and oxygen atoms in total. The minimum Gasteiger partial charge on any atom is -0.487 e. The van der Waals surface area contributed by atoms with Crippen LogP contribution in [-0.4, -0.2) is 5.60 Å². The van der Waals surface area contributed by atoms with Crippen molar-refractivity contribution < 1.29 is 4.74 Å². The molecule has 0 amide bonds. The van der Waals surface area contributed by atoms with Gasteiger partial charge in [0.2, 0.25) is 0 Å². The van der Waals surface area contributed by atoms with Crippen LogP contribution in [0.15, 0.2) is 12.1 Å². The van der Waals surface area contributed by atoms with E-state index in [1.807, 2.05) is 0 Å². The number of hydrogen-bond donors (Lipinski definition) is 0. The van der Waals surface area contributed by atoms with Crippen LogP contribution in [0, 0.1) is 24.7 Å². The Hall–Kier alpha value is -0.980. The van der Waals surface area contributed by atoms with Gasteiger partial charge in [0, 0.05) is 0 Å². The van der Waals surface area contributed by atoms with E-state index < -0.39 is 0 Å². The fourth-order valence-electron chi connectivity index (χ4n) is 5.22. The molecule has 0 radical (unpaired) electrons. The molecule has 3 atom stereocenters. The highest BCUT2D eigenvalue weighted by Gasteiger charge is 2.32. The van der Waals surface area contributed by atoms with Gasteiger partial charge in [0.05, 0.1) is 0 Å². The molecule has 0 N–H and O–H groups in total. The van der Waals surface area contributed by atoms with E-state index in [1.165, 1.54) is 80.2 Å². The lowest BCUT2D eigenvalue weighted by molar-refractivity contribution is 0.0515. The fraction of sp³-hybridized carbons (Fsp3) is 0.800. The summed E-state index contributed by atoms with van der Waals surface area (Å²) in [6.45, 7) is 18.7. The van der Waals surface area contributed by atoms with E-state index in [0.29, 0.717) is 5.92 Å². The summed E-state index contributed by atoms with van der Waals surface area (Å²) in [4.78, 5) is 0. The molecule has 1 aliphatic heterocycles. The van der Waals surface area contributed by atoms with Gasteiger partial charge in [0.1, 0.15) is 11.4 Å². The smallest absolute Gasteiger partial charge is 0.126 e. The van der Waals surface area contributed by atoms with Gasteiger partial charge in [-0.2, -0.15) is 0 Å². The van der Waals surface area contributed by atoms with Crippen molar-refractivity contribution in [3.63, 3.8) is 0 Å². The van der Waals surface area contributed by atoms with Crippen LogP contribution in [0.5, 0.6) is 5.75 Å². The van der Waals surface area contributed by atoms with E-state index in [9.17, 15) is 0 Å². The van der Waals surface area contributed by atoms with Gasteiger partial charge in [-0.1, -0.05) is 98.6 Å². The predicted molar refractivity (Wildman–Crippen MR) is 137 cm³/mol. The van der Waals surface area contributed by atoms with Crippen LogP contribution in [0.1, 0.15) is 135 Å². The summed E-state index contributed by atoms with van der Waals surface area (Å²) in [6, 6.07) is 4.72. The van der Waals surface area contributed by atoms with E-state index in [4.69, 9.17) is 4.74 Å². The first-order valence-corrected chi connectivity index (χ1v) is 13.4. The Morgan fingerprint density at radius 3 is 2.00 bits per heavy atom. The zero-order valence-electron chi connectivity index (χ0n) is 22.2. The van der Waals surface area contributed by atoms with Crippen LogP contribution >= 0.6 is 0 Å². The van der Waals surface area contributed by atoms with E-state index in [2.05, 4.69) is 67.5 Å². The fourth-order valence-corrected chi connectivity index (χ4v) is 5.22. The monoisotopic (exact) mass is 428 g/mol. The second-order valence-corrected chi connectivity index (χ2v) is 11.9. The molecule has 1 aliphatic rings. The van der Waals surface area contributed by atoms with Crippen LogP contribution in [0.4, 0.5) is 0 Å². The van der Waals surface area contributed by atoms with Crippen molar-refractivity contribution in [2.75, 3.05) is 0 Å². The van der Waals surface area contributed by atoms with Gasteiger partial charge in [0.25, 0.3) is 0 Å². The standard InChI is InChI=1S/C30H52O/c1-22(2)12-9-13-24(5)14-10-15-25(6)16-11-18-30(8)19-17-27-21-28(23(3)4)20-26(7)29(27)31-30/h20-25H,9-19H2,1-8H3/t24-,25-,30-/m1/s1. The molecule has 0 saturated heterocycles. The molecular formula is C30H52O. The Bertz CT molecular complexity index is 659. The molecular weight excluding hydrogens is 376 g/mol. The lowest BCUT2D eigenvalue weighted by Gasteiger charge is -2.37. The van der Waals surface area contributed by atoms with Gasteiger partial charge in [-0.3, -0.25) is 0 Å². The third-order valence-corrected chi connectivity index (χ3v) is 7.59. The summed E-state index contributed by atoms with van der Waals surface area (Å²) in [6.07, 6.45) is 14.6. The molecule has 0 aliphatic carbocycles. The van der Waals surface area contributed by atoms with E-state index in [1.54, 1.807) is 0 Å². The quantitative estimate of drug-likeness (QED) is 0.304. The first-order chi connectivity index (χ1) is 14.6. The van der Waals surface area contributed by atoms with Crippen LogP contribution in [-0.2, 0) is 6.42 Å². The predicted octanol–water partition coefficient (Wildman–Crippen LogP) is 9.64. The van der Waals surface area contributed by atoms with Crippen LogP contribution in [0.2, 0.25) is 0 Å². The van der Waals surface area contributed by atoms with E-state index in [0.717, 1.165) is 30.6 Å². The third-order valence-electron chi connectivity index (χ3n) is 7.59. The number of hydrogen-bond acceptors (Lipinski definition) is 1. The van der Waals surface area contributed by atoms with Gasteiger partial charge in [-0.25, -0.2) is 0 Å². The molecule has 0 saturated carbocycles. The maximum absolute atomic E-state index is 6.63. The van der Waals surface area contributed by atoms with Crippen LogP contribution < -0.4 is 4.74 Å². The number of aryl methyl sites for hydroxylation is 2.